The highest BCUT2D eigenvalue weighted by Gasteiger charge is 2.45. The highest BCUT2D eigenvalue weighted by atomic mass is 16.7. The maximum Gasteiger partial charge on any atom is 0.415 e. The number of hydrogen-bond donors (Lipinski definition) is 8. The van der Waals surface area contributed by atoms with E-state index < -0.39 is 124 Å². The van der Waals surface area contributed by atoms with Gasteiger partial charge >= 0.3 is 36.6 Å². The van der Waals surface area contributed by atoms with Crippen LogP contribution < -0.4 is 4.74 Å². The van der Waals surface area contributed by atoms with Crippen molar-refractivity contribution in [1.29, 1.82) is 0 Å². The standard InChI is InChI=1S/C48H70N6O23/c1-25-16-27(3)33(55)28(17-25)20-70-43(64)51(6)14-15-54(9)48(69)77-40-29(21-71-44(65)49(4)10-12-52(7)46(67)73-23-31-34(56)36(58)38(60)41(62)75-31)18-26(2)19-30(40)22-72-45(66)50(5)11-13-53(8)47(68)74-24-32-35(57)37(59)39(61)42(63)76-32/h16-19,31-32,34-39,41-42,56-63H,3,10-15,20-24H2,1-2,4-9H3/t31?,32?,34-,35-,36+,37+,38?,39?,41-,42-/m1/s1. The van der Waals surface area contributed by atoms with E-state index in [1.807, 2.05) is 0 Å². The normalized spacial score (nSPS) is 24.1. The second-order valence-corrected chi connectivity index (χ2v) is 18.6. The van der Waals surface area contributed by atoms with Gasteiger partial charge in [-0.15, -0.1) is 0 Å². The summed E-state index contributed by atoms with van der Waals surface area (Å²) in [6.07, 6.45) is -19.0. The van der Waals surface area contributed by atoms with Crippen molar-refractivity contribution in [2.75, 3.05) is 101 Å². The molecule has 2 fully saturated rings. The topological polar surface area (TPSA) is 375 Å². The molecule has 8 N–H and O–H groups in total. The van der Waals surface area contributed by atoms with E-state index >= 15 is 0 Å². The maximum absolute atomic E-state index is 13.7. The fourth-order valence-electron chi connectivity index (χ4n) is 7.34. The minimum absolute atomic E-state index is 0.0565. The molecule has 3 aliphatic rings. The Morgan fingerprint density at radius 3 is 1.21 bits per heavy atom. The predicted octanol–water partition coefficient (Wildman–Crippen LogP) is -1.62. The molecular weight excluding hydrogens is 1030 g/mol. The first-order chi connectivity index (χ1) is 36.1. The van der Waals surface area contributed by atoms with Crippen molar-refractivity contribution in [3.63, 3.8) is 0 Å². The lowest BCUT2D eigenvalue weighted by Crippen LogP contribution is -2.58. The summed E-state index contributed by atoms with van der Waals surface area (Å²) >= 11 is 0. The average Bonchev–Trinajstić information content (AvgIpc) is 3.39. The van der Waals surface area contributed by atoms with Crippen molar-refractivity contribution in [2.24, 2.45) is 0 Å². The highest BCUT2D eigenvalue weighted by molar-refractivity contribution is 6.11. The molecule has 1 aromatic carbocycles. The lowest BCUT2D eigenvalue weighted by Gasteiger charge is -2.38. The van der Waals surface area contributed by atoms with Gasteiger partial charge < -0.3 is 108 Å². The quantitative estimate of drug-likeness (QED) is 0.0537. The molecule has 0 spiro atoms. The molecule has 0 radical (unpaired) electrons. The number of Topliss-reactive ketones (excluding diaryl/α,β-unsaturated/α-hetero) is 1. The van der Waals surface area contributed by atoms with Crippen LogP contribution in [-0.4, -0.2) is 275 Å². The molecule has 10 atom stereocenters. The molecule has 1 aliphatic carbocycles. The van der Waals surface area contributed by atoms with Crippen LogP contribution in [0.1, 0.15) is 23.6 Å². The average molecular weight is 1100 g/mol. The first-order valence-corrected chi connectivity index (χ1v) is 23.9. The fraction of sp³-hybridized carbons (Fsp3) is 0.604. The van der Waals surface area contributed by atoms with E-state index in [1.54, 1.807) is 38.1 Å². The molecule has 29 nitrogen and oxygen atoms in total. The molecule has 4 rings (SSSR count). The second-order valence-electron chi connectivity index (χ2n) is 18.6. The van der Waals surface area contributed by atoms with E-state index in [2.05, 4.69) is 6.58 Å². The van der Waals surface area contributed by atoms with Gasteiger partial charge in [-0.25, -0.2) is 28.8 Å². The van der Waals surface area contributed by atoms with Crippen LogP contribution in [0.25, 0.3) is 0 Å². The lowest BCUT2D eigenvalue weighted by molar-refractivity contribution is -0.286. The molecule has 6 amide bonds. The number of nitrogens with zero attached hydrogens (tertiary/aromatic N) is 6. The molecule has 0 bridgehead atoms. The number of carbonyl (C=O) groups is 7. The monoisotopic (exact) mass is 1100 g/mol. The zero-order chi connectivity index (χ0) is 57.6. The summed E-state index contributed by atoms with van der Waals surface area (Å²) in [7, 11) is 8.22. The van der Waals surface area contributed by atoms with Gasteiger partial charge in [0.1, 0.15) is 87.6 Å². The van der Waals surface area contributed by atoms with Gasteiger partial charge in [-0.1, -0.05) is 12.1 Å². The predicted molar refractivity (Wildman–Crippen MR) is 261 cm³/mol. The molecule has 2 aliphatic heterocycles. The molecule has 2 saturated heterocycles. The highest BCUT2D eigenvalue weighted by Crippen LogP contribution is 2.30. The smallest absolute Gasteiger partial charge is 0.415 e. The minimum atomic E-state index is -1.84. The third kappa shape index (κ3) is 17.7. The third-order valence-corrected chi connectivity index (χ3v) is 12.3. The summed E-state index contributed by atoms with van der Waals surface area (Å²) in [6.45, 7) is 4.08. The summed E-state index contributed by atoms with van der Waals surface area (Å²) in [5.41, 5.74) is 2.10. The largest absolute Gasteiger partial charge is 0.447 e. The van der Waals surface area contributed by atoms with Crippen LogP contribution in [0.2, 0.25) is 0 Å². The number of allylic oxidation sites excluding steroid dienone is 4. The van der Waals surface area contributed by atoms with Gasteiger partial charge in [0.15, 0.2) is 18.4 Å². The van der Waals surface area contributed by atoms with Crippen LogP contribution in [-0.2, 0) is 51.2 Å². The summed E-state index contributed by atoms with van der Waals surface area (Å²) < 4.78 is 42.6. The zero-order valence-corrected chi connectivity index (χ0v) is 44.0. The van der Waals surface area contributed by atoms with Gasteiger partial charge in [-0.3, -0.25) is 4.79 Å². The Hall–Kier alpha value is -6.67. The lowest BCUT2D eigenvalue weighted by atomic mass is 9.96. The number of likely N-dealkylation sites (N-methyl/N-ethyl adjacent to an activating group) is 6. The number of ether oxygens (including phenoxy) is 8. The molecule has 430 valence electrons. The first kappa shape index (κ1) is 62.9. The SMILES string of the molecule is C=C1C=C(C)C=C(COC(=O)N(C)CCN(C)C(=O)Oc2c(COC(=O)N(C)CCN(C)C(=O)OCC3O[C@@H](O)C(O)[C@@H](O)[C@@H]3O)cc(C)cc2COC(=O)N(C)CCN(C)C(=O)OCC2O[C@@H](O)C(O)[C@@H](O)[C@@H]2O)C1=O. The number of hydrogen-bond acceptors (Lipinski definition) is 23. The van der Waals surface area contributed by atoms with E-state index in [-0.39, 0.29) is 79.7 Å². The Bertz CT molecular complexity index is 2250. The summed E-state index contributed by atoms with van der Waals surface area (Å²) in [6, 6.07) is 3.10. The molecular formula is C48H70N6O23. The number of amides is 6. The van der Waals surface area contributed by atoms with Crippen LogP contribution in [0, 0.1) is 6.92 Å². The van der Waals surface area contributed by atoms with E-state index in [0.29, 0.717) is 5.56 Å². The van der Waals surface area contributed by atoms with Gasteiger partial charge in [0, 0.05) is 104 Å². The number of ketones is 1. The van der Waals surface area contributed by atoms with Crippen molar-refractivity contribution < 1.29 is 112 Å². The summed E-state index contributed by atoms with van der Waals surface area (Å²) in [5, 5.41) is 79.0. The Morgan fingerprint density at radius 1 is 0.494 bits per heavy atom. The van der Waals surface area contributed by atoms with Crippen molar-refractivity contribution in [1.82, 2.24) is 29.4 Å². The molecule has 2 heterocycles. The minimum Gasteiger partial charge on any atom is -0.447 e. The molecule has 4 unspecified atom stereocenters. The second kappa shape index (κ2) is 28.6. The van der Waals surface area contributed by atoms with E-state index in [0.717, 1.165) is 30.1 Å². The third-order valence-electron chi connectivity index (χ3n) is 12.3. The van der Waals surface area contributed by atoms with Gasteiger partial charge in [0.05, 0.1) is 0 Å². The number of aryl methyl sites for hydroxylation is 1. The zero-order valence-electron chi connectivity index (χ0n) is 44.0. The molecule has 29 heteroatoms. The molecule has 0 saturated carbocycles. The van der Waals surface area contributed by atoms with Crippen molar-refractivity contribution >= 4 is 42.3 Å². The van der Waals surface area contributed by atoms with E-state index in [4.69, 9.17) is 37.9 Å². The first-order valence-electron chi connectivity index (χ1n) is 23.9. The van der Waals surface area contributed by atoms with Crippen LogP contribution >= 0.6 is 0 Å². The Kier molecular flexibility index (Phi) is 23.4. The number of carbonyl (C=O) groups excluding carboxylic acids is 7. The molecule has 77 heavy (non-hydrogen) atoms. The van der Waals surface area contributed by atoms with Crippen LogP contribution in [0.15, 0.2) is 47.6 Å². The maximum atomic E-state index is 13.7. The molecule has 0 aromatic heterocycles. The van der Waals surface area contributed by atoms with Crippen molar-refractivity contribution in [3.05, 3.63) is 64.3 Å². The Labute approximate surface area is 443 Å². The van der Waals surface area contributed by atoms with Crippen LogP contribution in [0.5, 0.6) is 5.75 Å². The summed E-state index contributed by atoms with van der Waals surface area (Å²) in [4.78, 5) is 97.6. The van der Waals surface area contributed by atoms with Crippen molar-refractivity contribution in [3.8, 4) is 5.75 Å². The van der Waals surface area contributed by atoms with Gasteiger partial charge in [0.25, 0.3) is 0 Å². The van der Waals surface area contributed by atoms with E-state index in [9.17, 15) is 74.4 Å². The Balaban J connectivity index is 1.39. The number of aliphatic hydroxyl groups excluding tert-OH is 8. The van der Waals surface area contributed by atoms with Crippen LogP contribution in [0.3, 0.4) is 0 Å². The number of benzene rings is 1. The van der Waals surface area contributed by atoms with Gasteiger partial charge in [-0.2, -0.15) is 0 Å². The summed E-state index contributed by atoms with van der Waals surface area (Å²) in [5.74, 6) is -0.519. The van der Waals surface area contributed by atoms with Gasteiger partial charge in [-0.05, 0) is 43.7 Å². The Morgan fingerprint density at radius 2 is 0.831 bits per heavy atom. The fourth-order valence-corrected chi connectivity index (χ4v) is 7.34. The number of rotatable bonds is 20. The number of aliphatic hydroxyl groups is 8. The van der Waals surface area contributed by atoms with Crippen molar-refractivity contribution in [2.45, 2.75) is 88.5 Å². The van der Waals surface area contributed by atoms with Gasteiger partial charge in [0.2, 0.25) is 0 Å². The van der Waals surface area contributed by atoms with E-state index in [1.165, 1.54) is 47.2 Å². The van der Waals surface area contributed by atoms with Crippen LogP contribution in [0.4, 0.5) is 28.8 Å². The molecule has 1 aromatic rings.